The van der Waals surface area contributed by atoms with E-state index in [1.54, 1.807) is 0 Å². The van der Waals surface area contributed by atoms with Crippen molar-refractivity contribution >= 4 is 17.9 Å². The standard InChI is InChI=1S/C17H22N4OS/c1-12-8-9-19(15-5-3-2-4-14(12)15)11-20-17(23)21(13-6-7-13)16(10-22)18-20/h2-5,12-13,22H,6-11H2,1H3. The van der Waals surface area contributed by atoms with Crippen LogP contribution in [0.15, 0.2) is 24.3 Å². The predicted molar refractivity (Wildman–Crippen MR) is 92.1 cm³/mol. The van der Waals surface area contributed by atoms with E-state index in [-0.39, 0.29) is 6.61 Å². The number of anilines is 1. The van der Waals surface area contributed by atoms with Crippen LogP contribution in [-0.2, 0) is 13.3 Å². The lowest BCUT2D eigenvalue weighted by Gasteiger charge is -2.34. The lowest BCUT2D eigenvalue weighted by molar-refractivity contribution is 0.263. The van der Waals surface area contributed by atoms with Crippen molar-refractivity contribution in [1.82, 2.24) is 14.3 Å². The summed E-state index contributed by atoms with van der Waals surface area (Å²) < 4.78 is 4.63. The first-order chi connectivity index (χ1) is 11.2. The Hall–Kier alpha value is -1.66. The summed E-state index contributed by atoms with van der Waals surface area (Å²) >= 11 is 5.61. The topological polar surface area (TPSA) is 46.2 Å². The van der Waals surface area contributed by atoms with Gasteiger partial charge in [0.1, 0.15) is 13.3 Å². The Morgan fingerprint density at radius 1 is 1.26 bits per heavy atom. The molecule has 1 saturated carbocycles. The molecule has 1 aliphatic carbocycles. The van der Waals surface area contributed by atoms with E-state index in [4.69, 9.17) is 12.2 Å². The molecule has 23 heavy (non-hydrogen) atoms. The van der Waals surface area contributed by atoms with Crippen LogP contribution in [0.2, 0.25) is 0 Å². The van der Waals surface area contributed by atoms with Gasteiger partial charge in [-0.15, -0.1) is 0 Å². The van der Waals surface area contributed by atoms with Crippen molar-refractivity contribution in [3.05, 3.63) is 40.4 Å². The summed E-state index contributed by atoms with van der Waals surface area (Å²) in [6.07, 6.45) is 3.41. The number of fused-ring (bicyclic) bond motifs is 1. The second-order valence-corrected chi connectivity index (χ2v) is 6.98. The lowest BCUT2D eigenvalue weighted by atomic mass is 9.92. The van der Waals surface area contributed by atoms with Gasteiger partial charge >= 0.3 is 0 Å². The van der Waals surface area contributed by atoms with Crippen LogP contribution in [0, 0.1) is 4.77 Å². The summed E-state index contributed by atoms with van der Waals surface area (Å²) in [5, 5.41) is 14.1. The van der Waals surface area contributed by atoms with Crippen LogP contribution in [0.5, 0.6) is 0 Å². The van der Waals surface area contributed by atoms with Gasteiger partial charge in [0.2, 0.25) is 0 Å². The third-order valence-electron chi connectivity index (χ3n) is 4.94. The van der Waals surface area contributed by atoms with Crippen molar-refractivity contribution in [3.8, 4) is 0 Å². The molecule has 1 N–H and O–H groups in total. The highest BCUT2D eigenvalue weighted by atomic mass is 32.1. The summed E-state index contributed by atoms with van der Waals surface area (Å²) in [5.41, 5.74) is 2.67. The van der Waals surface area contributed by atoms with Crippen LogP contribution in [0.25, 0.3) is 0 Å². The molecule has 0 bridgehead atoms. The number of aliphatic hydroxyl groups is 1. The van der Waals surface area contributed by atoms with Gasteiger partial charge in [-0.05, 0) is 49.0 Å². The lowest BCUT2D eigenvalue weighted by Crippen LogP contribution is -2.33. The van der Waals surface area contributed by atoms with Gasteiger partial charge < -0.3 is 10.0 Å². The fraction of sp³-hybridized carbons (Fsp3) is 0.529. The molecule has 122 valence electrons. The van der Waals surface area contributed by atoms with E-state index in [2.05, 4.69) is 41.2 Å². The Kier molecular flexibility index (Phi) is 3.73. The quantitative estimate of drug-likeness (QED) is 0.875. The highest BCUT2D eigenvalue weighted by Gasteiger charge is 2.29. The van der Waals surface area contributed by atoms with Crippen molar-refractivity contribution in [2.45, 2.75) is 51.4 Å². The van der Waals surface area contributed by atoms with Crippen molar-refractivity contribution in [2.75, 3.05) is 11.4 Å². The maximum Gasteiger partial charge on any atom is 0.199 e. The maximum absolute atomic E-state index is 9.57. The van der Waals surface area contributed by atoms with Gasteiger partial charge in [-0.1, -0.05) is 25.1 Å². The fourth-order valence-electron chi connectivity index (χ4n) is 3.49. The minimum absolute atomic E-state index is 0.0548. The number of benzene rings is 1. The Balaban J connectivity index is 1.67. The molecule has 4 rings (SSSR count). The summed E-state index contributed by atoms with van der Waals surface area (Å²) in [6, 6.07) is 9.03. The summed E-state index contributed by atoms with van der Waals surface area (Å²) in [7, 11) is 0. The van der Waals surface area contributed by atoms with Crippen LogP contribution in [0.3, 0.4) is 0 Å². The molecule has 1 unspecified atom stereocenters. The van der Waals surface area contributed by atoms with Crippen LogP contribution in [-0.4, -0.2) is 26.0 Å². The van der Waals surface area contributed by atoms with Crippen molar-refractivity contribution in [1.29, 1.82) is 0 Å². The number of nitrogens with zero attached hydrogens (tertiary/aromatic N) is 4. The molecule has 0 amide bonds. The van der Waals surface area contributed by atoms with Crippen molar-refractivity contribution < 1.29 is 5.11 Å². The van der Waals surface area contributed by atoms with Crippen molar-refractivity contribution in [3.63, 3.8) is 0 Å². The van der Waals surface area contributed by atoms with E-state index in [1.807, 2.05) is 9.25 Å². The average molecular weight is 330 g/mol. The zero-order valence-electron chi connectivity index (χ0n) is 13.4. The van der Waals surface area contributed by atoms with Gasteiger partial charge in [-0.2, -0.15) is 5.10 Å². The zero-order chi connectivity index (χ0) is 16.0. The van der Waals surface area contributed by atoms with Crippen LogP contribution in [0.4, 0.5) is 5.69 Å². The number of hydrogen-bond acceptors (Lipinski definition) is 4. The largest absolute Gasteiger partial charge is 0.388 e. The number of para-hydroxylation sites is 1. The molecule has 0 radical (unpaired) electrons. The fourth-order valence-corrected chi connectivity index (χ4v) is 3.84. The molecule has 1 aliphatic heterocycles. The molecule has 1 aromatic carbocycles. The normalized spacial score (nSPS) is 20.6. The first-order valence-electron chi connectivity index (χ1n) is 8.32. The second-order valence-electron chi connectivity index (χ2n) is 6.61. The van der Waals surface area contributed by atoms with E-state index < -0.39 is 0 Å². The molecule has 2 heterocycles. The third kappa shape index (κ3) is 2.60. The molecule has 2 aromatic rings. The molecular weight excluding hydrogens is 308 g/mol. The van der Waals surface area contributed by atoms with Gasteiger partial charge in [0.15, 0.2) is 10.6 Å². The zero-order valence-corrected chi connectivity index (χ0v) is 14.2. The highest BCUT2D eigenvalue weighted by molar-refractivity contribution is 7.71. The van der Waals surface area contributed by atoms with Gasteiger partial charge in [0.25, 0.3) is 0 Å². The van der Waals surface area contributed by atoms with Crippen LogP contribution in [0.1, 0.15) is 49.5 Å². The summed E-state index contributed by atoms with van der Waals surface area (Å²) in [4.78, 5) is 2.34. The Labute approximate surface area is 141 Å². The maximum atomic E-state index is 9.57. The SMILES string of the molecule is CC1CCN(Cn2nc(CO)n(C3CC3)c2=S)c2ccccc21. The molecular formula is C17H22N4OS. The minimum atomic E-state index is -0.0548. The van der Waals surface area contributed by atoms with Gasteiger partial charge in [-0.25, -0.2) is 4.68 Å². The van der Waals surface area contributed by atoms with Gasteiger partial charge in [0.05, 0.1) is 0 Å². The highest BCUT2D eigenvalue weighted by Crippen LogP contribution is 2.37. The molecule has 5 nitrogen and oxygen atoms in total. The molecule has 1 fully saturated rings. The molecule has 1 atom stereocenters. The van der Waals surface area contributed by atoms with E-state index in [0.29, 0.717) is 24.5 Å². The Bertz CT molecular complexity index is 777. The monoisotopic (exact) mass is 330 g/mol. The summed E-state index contributed by atoms with van der Waals surface area (Å²) in [6.45, 7) is 3.88. The van der Waals surface area contributed by atoms with E-state index in [1.165, 1.54) is 11.3 Å². The Morgan fingerprint density at radius 2 is 2.04 bits per heavy atom. The molecule has 2 aliphatic rings. The Morgan fingerprint density at radius 3 is 2.78 bits per heavy atom. The first kappa shape index (κ1) is 14.9. The van der Waals surface area contributed by atoms with E-state index in [0.717, 1.165) is 30.6 Å². The van der Waals surface area contributed by atoms with E-state index in [9.17, 15) is 5.11 Å². The molecule has 6 heteroatoms. The predicted octanol–water partition coefficient (Wildman–Crippen LogP) is 3.21. The summed E-state index contributed by atoms with van der Waals surface area (Å²) in [5.74, 6) is 1.28. The third-order valence-corrected chi connectivity index (χ3v) is 5.35. The number of aromatic nitrogens is 3. The van der Waals surface area contributed by atoms with Crippen LogP contribution < -0.4 is 4.90 Å². The number of hydrogen-bond donors (Lipinski definition) is 1. The van der Waals surface area contributed by atoms with E-state index >= 15 is 0 Å². The second kappa shape index (κ2) is 5.76. The number of rotatable bonds is 4. The van der Waals surface area contributed by atoms with Crippen LogP contribution >= 0.6 is 12.2 Å². The van der Waals surface area contributed by atoms with Gasteiger partial charge in [0, 0.05) is 18.3 Å². The number of aliphatic hydroxyl groups excluding tert-OH is 1. The smallest absolute Gasteiger partial charge is 0.199 e. The van der Waals surface area contributed by atoms with Gasteiger partial charge in [-0.3, -0.25) is 4.57 Å². The van der Waals surface area contributed by atoms with Crippen molar-refractivity contribution in [2.24, 2.45) is 0 Å². The minimum Gasteiger partial charge on any atom is -0.388 e. The first-order valence-corrected chi connectivity index (χ1v) is 8.73. The average Bonchev–Trinajstić information content (AvgIpc) is 3.35. The molecule has 1 aromatic heterocycles. The molecule has 0 saturated heterocycles. The molecule has 0 spiro atoms.